The molecule has 1 heterocycles. The topological polar surface area (TPSA) is 102 Å². The monoisotopic (exact) mass is 493 g/mol. The molecule has 1 amide bonds. The Kier molecular flexibility index (Phi) is 9.11. The van der Waals surface area contributed by atoms with Crippen LogP contribution in [0, 0.1) is 5.82 Å². The summed E-state index contributed by atoms with van der Waals surface area (Å²) in [5.41, 5.74) is 7.54. The highest BCUT2D eigenvalue weighted by molar-refractivity contribution is 6.32. The van der Waals surface area contributed by atoms with Crippen molar-refractivity contribution < 1.29 is 13.9 Å². The maximum absolute atomic E-state index is 13.3. The fourth-order valence-corrected chi connectivity index (χ4v) is 3.28. The molecule has 0 atom stereocenters. The molecule has 4 N–H and O–H groups in total. The Morgan fingerprint density at radius 1 is 1.14 bits per heavy atom. The van der Waals surface area contributed by atoms with E-state index in [0.717, 1.165) is 11.9 Å². The summed E-state index contributed by atoms with van der Waals surface area (Å²) in [4.78, 5) is 20.2. The van der Waals surface area contributed by atoms with Gasteiger partial charge in [-0.1, -0.05) is 37.2 Å². The Hall–Kier alpha value is -4.01. The molecule has 4 aromatic rings. The van der Waals surface area contributed by atoms with Crippen LogP contribution in [0.4, 0.5) is 21.6 Å². The second-order valence-corrected chi connectivity index (χ2v) is 7.65. The van der Waals surface area contributed by atoms with Gasteiger partial charge in [0, 0.05) is 16.8 Å². The van der Waals surface area contributed by atoms with Crippen LogP contribution in [0.1, 0.15) is 12.5 Å². The van der Waals surface area contributed by atoms with Gasteiger partial charge in [0.1, 0.15) is 30.3 Å². The number of carbonyl (C=O) groups is 1. The van der Waals surface area contributed by atoms with E-state index in [1.165, 1.54) is 24.5 Å². The molecule has 0 aliphatic heterocycles. The molecule has 0 saturated heterocycles. The number of nitrogens with one attached hydrogen (secondary N) is 2. The van der Waals surface area contributed by atoms with Gasteiger partial charge in [-0.25, -0.2) is 14.4 Å². The van der Waals surface area contributed by atoms with Crippen molar-refractivity contribution in [3.05, 3.63) is 96.0 Å². The summed E-state index contributed by atoms with van der Waals surface area (Å²) >= 11 is 6.38. The van der Waals surface area contributed by atoms with E-state index >= 15 is 0 Å². The smallest absolute Gasteiger partial charge is 0.247 e. The second kappa shape index (κ2) is 12.5. The average molecular weight is 494 g/mol. The highest BCUT2D eigenvalue weighted by Gasteiger charge is 2.09. The number of amides is 1. The fraction of sp³-hybridized carbons (Fsp3) is 0.115. The number of nitrogens with two attached hydrogens (primary N) is 1. The van der Waals surface area contributed by atoms with Gasteiger partial charge in [-0.2, -0.15) is 0 Å². The Balaban J connectivity index is 0.00000108. The van der Waals surface area contributed by atoms with E-state index in [-0.39, 0.29) is 18.3 Å². The highest BCUT2D eigenvalue weighted by Crippen LogP contribution is 2.31. The summed E-state index contributed by atoms with van der Waals surface area (Å²) in [7, 11) is 0. The zero-order valence-electron chi connectivity index (χ0n) is 19.1. The van der Waals surface area contributed by atoms with E-state index in [9.17, 15) is 9.18 Å². The van der Waals surface area contributed by atoms with Crippen LogP contribution >= 0.6 is 11.6 Å². The predicted octanol–water partition coefficient (Wildman–Crippen LogP) is 5.83. The summed E-state index contributed by atoms with van der Waals surface area (Å²) in [5, 5.41) is 7.05. The molecule has 0 saturated carbocycles. The lowest BCUT2D eigenvalue weighted by Crippen LogP contribution is -2.07. The lowest BCUT2D eigenvalue weighted by atomic mass is 10.2. The number of carbonyl (C=O) groups excluding carboxylic acids is 1. The third kappa shape index (κ3) is 7.23. The largest absolute Gasteiger partial charge is 0.487 e. The summed E-state index contributed by atoms with van der Waals surface area (Å²) in [5.74, 6) is 0.398. The molecule has 4 rings (SSSR count). The summed E-state index contributed by atoms with van der Waals surface area (Å²) in [6.07, 6.45) is 2.65. The summed E-state index contributed by atoms with van der Waals surface area (Å²) in [6.45, 7) is 6.30. The first kappa shape index (κ1) is 25.6. The van der Waals surface area contributed by atoms with Gasteiger partial charge in [0.2, 0.25) is 5.91 Å². The second-order valence-electron chi connectivity index (χ2n) is 7.24. The third-order valence-corrected chi connectivity index (χ3v) is 4.86. The van der Waals surface area contributed by atoms with Gasteiger partial charge >= 0.3 is 0 Å². The van der Waals surface area contributed by atoms with Crippen molar-refractivity contribution in [2.45, 2.75) is 13.5 Å². The van der Waals surface area contributed by atoms with Crippen molar-refractivity contribution in [3.63, 3.8) is 0 Å². The van der Waals surface area contributed by atoms with Crippen molar-refractivity contribution >= 4 is 45.6 Å². The van der Waals surface area contributed by atoms with E-state index in [0.29, 0.717) is 39.0 Å². The van der Waals surface area contributed by atoms with E-state index in [4.69, 9.17) is 22.1 Å². The van der Waals surface area contributed by atoms with Crippen LogP contribution in [-0.2, 0) is 11.4 Å². The molecule has 0 spiro atoms. The van der Waals surface area contributed by atoms with E-state index in [2.05, 4.69) is 27.2 Å². The van der Waals surface area contributed by atoms with Crippen LogP contribution in [-0.4, -0.2) is 22.4 Å². The predicted molar refractivity (Wildman–Crippen MR) is 139 cm³/mol. The standard InChI is InChI=1S/C24H18ClFN4O2.C2H7N/c1-2-23(31)29-17-6-8-21-19(11-17)24(28-14-27-21)30-18-7-9-22(20(25)12-18)32-13-15-4-3-5-16(26)10-15;1-2-3/h2-12,14H,1,13H2,(H,29,31)(H,27,28,30);2-3H2,1H3. The van der Waals surface area contributed by atoms with E-state index in [1.807, 2.05) is 6.92 Å². The van der Waals surface area contributed by atoms with Crippen molar-refractivity contribution in [3.8, 4) is 5.75 Å². The molecule has 0 aliphatic carbocycles. The van der Waals surface area contributed by atoms with Gasteiger partial charge in [-0.3, -0.25) is 4.79 Å². The maximum atomic E-state index is 13.3. The molecule has 0 unspecified atom stereocenters. The molecule has 9 heteroatoms. The number of halogens is 2. The molecule has 0 aliphatic rings. The van der Waals surface area contributed by atoms with Crippen LogP contribution in [0.25, 0.3) is 10.9 Å². The molecular weight excluding hydrogens is 469 g/mol. The van der Waals surface area contributed by atoms with Crippen molar-refractivity contribution in [2.24, 2.45) is 5.73 Å². The van der Waals surface area contributed by atoms with Crippen molar-refractivity contribution in [2.75, 3.05) is 17.2 Å². The molecule has 0 bridgehead atoms. The van der Waals surface area contributed by atoms with Gasteiger partial charge in [0.15, 0.2) is 0 Å². The lowest BCUT2D eigenvalue weighted by Gasteiger charge is -2.12. The Morgan fingerprint density at radius 2 is 1.91 bits per heavy atom. The molecule has 7 nitrogen and oxygen atoms in total. The zero-order chi connectivity index (χ0) is 25.2. The van der Waals surface area contributed by atoms with Gasteiger partial charge in [-0.15, -0.1) is 0 Å². The first-order valence-corrected chi connectivity index (χ1v) is 11.1. The third-order valence-electron chi connectivity index (χ3n) is 4.57. The average Bonchev–Trinajstić information content (AvgIpc) is 2.84. The molecule has 1 aromatic heterocycles. The molecule has 180 valence electrons. The summed E-state index contributed by atoms with van der Waals surface area (Å²) < 4.78 is 19.0. The molecule has 3 aromatic carbocycles. The molecule has 35 heavy (non-hydrogen) atoms. The van der Waals surface area contributed by atoms with Crippen LogP contribution in [0.3, 0.4) is 0 Å². The minimum absolute atomic E-state index is 0.194. The van der Waals surface area contributed by atoms with Crippen LogP contribution in [0.15, 0.2) is 79.6 Å². The number of hydrogen-bond acceptors (Lipinski definition) is 6. The Labute approximate surface area is 207 Å². The minimum atomic E-state index is -0.318. The van der Waals surface area contributed by atoms with E-state index < -0.39 is 0 Å². The molecule has 0 radical (unpaired) electrons. The summed E-state index contributed by atoms with van der Waals surface area (Å²) in [6, 6.07) is 16.7. The first-order valence-electron chi connectivity index (χ1n) is 10.8. The fourth-order valence-electron chi connectivity index (χ4n) is 3.05. The molecular formula is C26H25ClFN5O2. The van der Waals surface area contributed by atoms with Gasteiger partial charge in [-0.05, 0) is 66.7 Å². The highest BCUT2D eigenvalue weighted by atomic mass is 35.5. The number of anilines is 3. The number of aromatic nitrogens is 2. The van der Waals surface area contributed by atoms with Gasteiger partial charge < -0.3 is 21.1 Å². The van der Waals surface area contributed by atoms with Crippen LogP contribution in [0.2, 0.25) is 5.02 Å². The normalized spacial score (nSPS) is 10.2. The number of benzene rings is 3. The Bertz CT molecular complexity index is 1330. The van der Waals surface area contributed by atoms with Crippen LogP contribution in [0.5, 0.6) is 5.75 Å². The number of fused-ring (bicyclic) bond motifs is 1. The minimum Gasteiger partial charge on any atom is -0.487 e. The van der Waals surface area contributed by atoms with Crippen molar-refractivity contribution in [1.82, 2.24) is 9.97 Å². The number of ether oxygens (including phenoxy) is 1. The quantitative estimate of drug-likeness (QED) is 0.280. The molecule has 0 fully saturated rings. The van der Waals surface area contributed by atoms with Gasteiger partial charge in [0.25, 0.3) is 0 Å². The maximum Gasteiger partial charge on any atom is 0.247 e. The number of nitrogens with zero attached hydrogens (tertiary/aromatic N) is 2. The first-order chi connectivity index (χ1) is 16.9. The number of rotatable bonds is 7. The van der Waals surface area contributed by atoms with Crippen molar-refractivity contribution in [1.29, 1.82) is 0 Å². The zero-order valence-corrected chi connectivity index (χ0v) is 19.8. The lowest BCUT2D eigenvalue weighted by molar-refractivity contribution is -0.111. The number of hydrogen-bond donors (Lipinski definition) is 3. The SMILES string of the molecule is C=CC(=O)Nc1ccc2ncnc(Nc3ccc(OCc4cccc(F)c4)c(Cl)c3)c2c1.CCN. The van der Waals surface area contributed by atoms with E-state index in [1.54, 1.807) is 48.5 Å². The van der Waals surface area contributed by atoms with Crippen LogP contribution < -0.4 is 21.1 Å². The van der Waals surface area contributed by atoms with Gasteiger partial charge in [0.05, 0.1) is 10.5 Å². The Morgan fingerprint density at radius 3 is 2.63 bits per heavy atom.